The first-order valence-corrected chi connectivity index (χ1v) is 6.56. The van der Waals surface area contributed by atoms with Crippen LogP contribution in [0.1, 0.15) is 12.0 Å². The van der Waals surface area contributed by atoms with Gasteiger partial charge >= 0.3 is 0 Å². The molecule has 1 atom stereocenters. The molecule has 2 rings (SSSR count). The molecule has 0 aromatic heterocycles. The van der Waals surface area contributed by atoms with Gasteiger partial charge in [-0.1, -0.05) is 17.7 Å². The maximum absolute atomic E-state index is 12.6. The fraction of sp³-hybridized carbons (Fsp3) is 0.455. The Morgan fingerprint density at radius 1 is 1.35 bits per heavy atom. The lowest BCUT2D eigenvalue weighted by molar-refractivity contribution is 0.0866. The summed E-state index contributed by atoms with van der Waals surface area (Å²) in [4.78, 5) is -0.00735. The van der Waals surface area contributed by atoms with Crippen molar-refractivity contribution in [3.8, 4) is 0 Å². The smallest absolute Gasteiger partial charge is 0.266 e. The average molecular weight is 262 g/mol. The van der Waals surface area contributed by atoms with Crippen molar-refractivity contribution < 1.29 is 21.4 Å². The summed E-state index contributed by atoms with van der Waals surface area (Å²) in [5, 5.41) is 0. The van der Waals surface area contributed by atoms with Crippen LogP contribution in [0.3, 0.4) is 0 Å². The average Bonchev–Trinajstić information content (AvgIpc) is 2.85. The van der Waals surface area contributed by atoms with Crippen LogP contribution in [0.25, 0.3) is 0 Å². The molecule has 3 nitrogen and oxygen atoms in total. The van der Waals surface area contributed by atoms with Gasteiger partial charge in [-0.05, 0) is 19.1 Å². The number of benzene rings is 1. The van der Waals surface area contributed by atoms with Crippen molar-refractivity contribution in [3.05, 3.63) is 29.8 Å². The molecule has 0 amide bonds. The Kier molecular flexibility index (Phi) is 2.95. The zero-order chi connectivity index (χ0) is 12.7. The quantitative estimate of drug-likeness (QED) is 0.782. The molecule has 0 N–H and O–H groups in total. The van der Waals surface area contributed by atoms with Gasteiger partial charge in [0.1, 0.15) is 0 Å². The van der Waals surface area contributed by atoms with E-state index in [1.54, 1.807) is 12.1 Å². The maximum atomic E-state index is 12.6. The predicted molar refractivity (Wildman–Crippen MR) is 57.4 cm³/mol. The van der Waals surface area contributed by atoms with Gasteiger partial charge in [-0.2, -0.15) is 8.42 Å². The van der Waals surface area contributed by atoms with E-state index in [-0.39, 0.29) is 11.3 Å². The molecule has 6 heteroatoms. The predicted octanol–water partition coefficient (Wildman–Crippen LogP) is 2.36. The van der Waals surface area contributed by atoms with Crippen LogP contribution < -0.4 is 0 Å². The highest BCUT2D eigenvalue weighted by Gasteiger charge is 2.57. The van der Waals surface area contributed by atoms with Crippen molar-refractivity contribution in [1.82, 2.24) is 0 Å². The lowest BCUT2D eigenvalue weighted by Gasteiger charge is -2.05. The SMILES string of the molecule is Cc1ccc(S(=O)(=O)OC[C@H]2CC2(F)F)cc1. The normalized spacial score (nSPS) is 22.4. The van der Waals surface area contributed by atoms with Crippen molar-refractivity contribution in [1.29, 1.82) is 0 Å². The van der Waals surface area contributed by atoms with Gasteiger partial charge in [0.15, 0.2) is 0 Å². The number of hydrogen-bond acceptors (Lipinski definition) is 3. The second-order valence-corrected chi connectivity index (χ2v) is 5.83. The zero-order valence-corrected chi connectivity index (χ0v) is 10.0. The van der Waals surface area contributed by atoms with Gasteiger partial charge in [0, 0.05) is 6.42 Å². The monoisotopic (exact) mass is 262 g/mol. The first kappa shape index (κ1) is 12.4. The summed E-state index contributed by atoms with van der Waals surface area (Å²) in [5.41, 5.74) is 0.915. The standard InChI is InChI=1S/C11H12F2O3S/c1-8-2-4-10(5-3-8)17(14,15)16-7-9-6-11(9,12)13/h2-5,9H,6-7H2,1H3/t9-/m1/s1. The summed E-state index contributed by atoms with van der Waals surface area (Å²) in [5.74, 6) is -3.73. The lowest BCUT2D eigenvalue weighted by atomic mass is 10.2. The van der Waals surface area contributed by atoms with Crippen molar-refractivity contribution >= 4 is 10.1 Å². The third-order valence-corrected chi connectivity index (χ3v) is 3.99. The fourth-order valence-electron chi connectivity index (χ4n) is 1.40. The van der Waals surface area contributed by atoms with Crippen molar-refractivity contribution in [2.75, 3.05) is 6.61 Å². The molecule has 1 saturated carbocycles. The van der Waals surface area contributed by atoms with E-state index < -0.39 is 28.6 Å². The molecule has 0 bridgehead atoms. The highest BCUT2D eigenvalue weighted by molar-refractivity contribution is 7.86. The van der Waals surface area contributed by atoms with E-state index in [0.29, 0.717) is 0 Å². The first-order valence-electron chi connectivity index (χ1n) is 5.15. The summed E-state index contributed by atoms with van der Waals surface area (Å²) in [6, 6.07) is 6.05. The summed E-state index contributed by atoms with van der Waals surface area (Å²) in [6.07, 6.45) is -0.295. The van der Waals surface area contributed by atoms with Gasteiger partial charge in [0.25, 0.3) is 16.0 Å². The molecule has 0 radical (unpaired) electrons. The van der Waals surface area contributed by atoms with Gasteiger partial charge in [-0.15, -0.1) is 0 Å². The van der Waals surface area contributed by atoms with Crippen LogP contribution in [0, 0.1) is 12.8 Å². The topological polar surface area (TPSA) is 43.4 Å². The molecule has 0 heterocycles. The molecule has 0 aliphatic heterocycles. The van der Waals surface area contributed by atoms with Gasteiger partial charge in [0.2, 0.25) is 0 Å². The van der Waals surface area contributed by atoms with Crippen LogP contribution in [0.2, 0.25) is 0 Å². The fourth-order valence-corrected chi connectivity index (χ4v) is 2.34. The number of hydrogen-bond donors (Lipinski definition) is 0. The van der Waals surface area contributed by atoms with Crippen LogP contribution >= 0.6 is 0 Å². The first-order chi connectivity index (χ1) is 7.81. The summed E-state index contributed by atoms with van der Waals surface area (Å²) < 4.78 is 53.0. The molecule has 1 aromatic rings. The molecule has 1 fully saturated rings. The van der Waals surface area contributed by atoms with E-state index in [1.807, 2.05) is 6.92 Å². The molecule has 0 unspecified atom stereocenters. The highest BCUT2D eigenvalue weighted by atomic mass is 32.2. The van der Waals surface area contributed by atoms with Gasteiger partial charge < -0.3 is 0 Å². The summed E-state index contributed by atoms with van der Waals surface area (Å²) >= 11 is 0. The minimum atomic E-state index is -3.92. The largest absolute Gasteiger partial charge is 0.296 e. The molecule has 1 aliphatic carbocycles. The van der Waals surface area contributed by atoms with E-state index in [9.17, 15) is 17.2 Å². The van der Waals surface area contributed by atoms with E-state index in [0.717, 1.165) is 5.56 Å². The van der Waals surface area contributed by atoms with Crippen LogP contribution in [-0.2, 0) is 14.3 Å². The van der Waals surface area contributed by atoms with Crippen LogP contribution in [0.4, 0.5) is 8.78 Å². The minimum Gasteiger partial charge on any atom is -0.266 e. The van der Waals surface area contributed by atoms with Crippen LogP contribution in [-0.4, -0.2) is 20.9 Å². The van der Waals surface area contributed by atoms with E-state index in [1.165, 1.54) is 12.1 Å². The van der Waals surface area contributed by atoms with Crippen LogP contribution in [0.5, 0.6) is 0 Å². The minimum absolute atomic E-state index is 0.00735. The molecule has 1 aromatic carbocycles. The van der Waals surface area contributed by atoms with Gasteiger partial charge in [-0.25, -0.2) is 8.78 Å². The Bertz CT molecular complexity index is 508. The second-order valence-electron chi connectivity index (χ2n) is 4.21. The van der Waals surface area contributed by atoms with E-state index in [4.69, 9.17) is 0 Å². The number of aryl methyl sites for hydroxylation is 1. The third kappa shape index (κ3) is 2.81. The third-order valence-electron chi connectivity index (χ3n) is 2.69. The summed E-state index contributed by atoms with van der Waals surface area (Å²) in [6.45, 7) is 1.37. The molecule has 17 heavy (non-hydrogen) atoms. The van der Waals surface area contributed by atoms with E-state index >= 15 is 0 Å². The molecule has 0 saturated heterocycles. The second kappa shape index (κ2) is 4.03. The Morgan fingerprint density at radius 2 is 1.88 bits per heavy atom. The maximum Gasteiger partial charge on any atom is 0.296 e. The zero-order valence-electron chi connectivity index (χ0n) is 9.19. The highest BCUT2D eigenvalue weighted by Crippen LogP contribution is 2.48. The molecule has 0 spiro atoms. The number of alkyl halides is 2. The van der Waals surface area contributed by atoms with Crippen molar-refractivity contribution in [3.63, 3.8) is 0 Å². The van der Waals surface area contributed by atoms with Crippen LogP contribution in [0.15, 0.2) is 29.2 Å². The van der Waals surface area contributed by atoms with Crippen molar-refractivity contribution in [2.24, 2.45) is 5.92 Å². The number of rotatable bonds is 4. The molecular weight excluding hydrogens is 250 g/mol. The molecular formula is C11H12F2O3S. The molecule has 94 valence electrons. The Morgan fingerprint density at radius 3 is 2.35 bits per heavy atom. The molecule has 1 aliphatic rings. The lowest BCUT2D eigenvalue weighted by Crippen LogP contribution is -2.11. The van der Waals surface area contributed by atoms with Gasteiger partial charge in [-0.3, -0.25) is 4.18 Å². The van der Waals surface area contributed by atoms with E-state index in [2.05, 4.69) is 4.18 Å². The number of halogens is 2. The summed E-state index contributed by atoms with van der Waals surface area (Å²) in [7, 11) is -3.92. The Hall–Kier alpha value is -1.01. The Balaban J connectivity index is 2.02. The van der Waals surface area contributed by atoms with Crippen molar-refractivity contribution in [2.45, 2.75) is 24.2 Å². The Labute approximate surface area is 98.5 Å². The van der Waals surface area contributed by atoms with Gasteiger partial charge in [0.05, 0.1) is 17.4 Å².